The van der Waals surface area contributed by atoms with Crippen LogP contribution >= 0.6 is 11.3 Å². The number of hydrogen-bond donors (Lipinski definition) is 1. The van der Waals surface area contributed by atoms with Crippen molar-refractivity contribution in [2.75, 3.05) is 13.3 Å². The third-order valence-electron chi connectivity index (χ3n) is 6.88. The second kappa shape index (κ2) is 8.03. The highest BCUT2D eigenvalue weighted by molar-refractivity contribution is 7.17. The molecule has 5 aromatic rings. The number of fused-ring (bicyclic) bond motifs is 4. The number of aromatic amines is 1. The van der Waals surface area contributed by atoms with E-state index in [9.17, 15) is 4.79 Å². The second-order valence-corrected chi connectivity index (χ2v) is 9.94. The van der Waals surface area contributed by atoms with E-state index in [1.54, 1.807) is 11.3 Å². The van der Waals surface area contributed by atoms with Gasteiger partial charge in [-0.05, 0) is 53.4 Å². The molecule has 0 fully saturated rings. The van der Waals surface area contributed by atoms with Crippen LogP contribution in [0.5, 0.6) is 11.5 Å². The summed E-state index contributed by atoms with van der Waals surface area (Å²) in [4.78, 5) is 21.4. The first-order chi connectivity index (χ1) is 17.3. The Hall–Kier alpha value is -4.03. The van der Waals surface area contributed by atoms with Crippen molar-refractivity contribution in [1.29, 1.82) is 0 Å². The average Bonchev–Trinajstić information content (AvgIpc) is 3.66. The van der Waals surface area contributed by atoms with Gasteiger partial charge in [-0.25, -0.2) is 0 Å². The summed E-state index contributed by atoms with van der Waals surface area (Å²) in [7, 11) is 0. The van der Waals surface area contributed by atoms with Crippen LogP contribution in [0.2, 0.25) is 0 Å². The number of carbonyl (C=O) groups is 1. The van der Waals surface area contributed by atoms with E-state index in [0.29, 0.717) is 6.54 Å². The largest absolute Gasteiger partial charge is 0.454 e. The zero-order valence-electron chi connectivity index (χ0n) is 18.9. The highest BCUT2D eigenvalue weighted by Crippen LogP contribution is 2.43. The number of carbonyl (C=O) groups excluding carboxylic acids is 1. The monoisotopic (exact) mass is 478 g/mol. The number of hydrogen-bond acceptors (Lipinski definition) is 4. The molecule has 1 amide bonds. The van der Waals surface area contributed by atoms with Gasteiger partial charge in [0.2, 0.25) is 6.79 Å². The van der Waals surface area contributed by atoms with Crippen LogP contribution in [-0.2, 0) is 6.42 Å². The Balaban J connectivity index is 1.33. The smallest absolute Gasteiger partial charge is 0.264 e. The molecule has 0 saturated carbocycles. The standard InChI is InChI=1S/C29H22N2O3S/c32-29(26-13-12-25(35-26)18-6-2-1-3-7-18)31-15-14-21-20-8-4-5-9-22(20)30-27(21)28(31)19-10-11-23-24(16-19)34-17-33-23/h1-13,16,28,30H,14-15,17H2. The molecule has 2 aliphatic rings. The molecule has 5 nitrogen and oxygen atoms in total. The van der Waals surface area contributed by atoms with Gasteiger partial charge in [-0.2, -0.15) is 0 Å². The molecule has 6 heteroatoms. The van der Waals surface area contributed by atoms with E-state index in [0.717, 1.165) is 50.0 Å². The fourth-order valence-corrected chi connectivity index (χ4v) is 6.21. The number of amides is 1. The number of nitrogens with one attached hydrogen (secondary N) is 1. The molecule has 0 aliphatic carbocycles. The SMILES string of the molecule is O=C(c1ccc(-c2ccccc2)s1)N1CCc2c([nH]c3ccccc23)C1c1ccc2c(c1)OCO2. The predicted molar refractivity (Wildman–Crippen MR) is 137 cm³/mol. The number of H-pyrrole nitrogens is 1. The number of nitrogens with zero attached hydrogens (tertiary/aromatic N) is 1. The average molecular weight is 479 g/mol. The molecule has 2 aliphatic heterocycles. The van der Waals surface area contributed by atoms with Gasteiger partial charge in [-0.3, -0.25) is 4.79 Å². The molecule has 4 heterocycles. The lowest BCUT2D eigenvalue weighted by molar-refractivity contribution is 0.0697. The Kier molecular flexibility index (Phi) is 4.67. The summed E-state index contributed by atoms with van der Waals surface area (Å²) in [5, 5.41) is 1.22. The normalized spacial score (nSPS) is 16.5. The molecule has 0 radical (unpaired) electrons. The maximum Gasteiger partial charge on any atom is 0.264 e. The molecule has 1 N–H and O–H groups in total. The third-order valence-corrected chi connectivity index (χ3v) is 8.01. The van der Waals surface area contributed by atoms with E-state index in [1.807, 2.05) is 59.5 Å². The van der Waals surface area contributed by atoms with Crippen molar-refractivity contribution < 1.29 is 14.3 Å². The Bertz CT molecular complexity index is 1570. The van der Waals surface area contributed by atoms with Crippen LogP contribution in [0, 0.1) is 0 Å². The molecule has 0 saturated heterocycles. The van der Waals surface area contributed by atoms with Gasteiger partial charge in [-0.15, -0.1) is 11.3 Å². The number of rotatable bonds is 3. The van der Waals surface area contributed by atoms with E-state index < -0.39 is 0 Å². The van der Waals surface area contributed by atoms with Gasteiger partial charge in [0.25, 0.3) is 5.91 Å². The highest BCUT2D eigenvalue weighted by atomic mass is 32.1. The molecule has 7 rings (SSSR count). The van der Waals surface area contributed by atoms with Gasteiger partial charge >= 0.3 is 0 Å². The Morgan fingerprint density at radius 3 is 2.66 bits per heavy atom. The zero-order valence-corrected chi connectivity index (χ0v) is 19.7. The first kappa shape index (κ1) is 20.4. The van der Waals surface area contributed by atoms with Crippen molar-refractivity contribution in [1.82, 2.24) is 9.88 Å². The van der Waals surface area contributed by atoms with Crippen molar-refractivity contribution in [3.63, 3.8) is 0 Å². The minimum absolute atomic E-state index is 0.0455. The van der Waals surface area contributed by atoms with Crippen LogP contribution in [0.15, 0.2) is 84.9 Å². The summed E-state index contributed by atoms with van der Waals surface area (Å²) >= 11 is 1.55. The van der Waals surface area contributed by atoms with Gasteiger partial charge in [0, 0.05) is 28.0 Å². The molecular formula is C29H22N2O3S. The van der Waals surface area contributed by atoms with E-state index in [-0.39, 0.29) is 18.7 Å². The van der Waals surface area contributed by atoms with Crippen LogP contribution in [0.1, 0.15) is 32.5 Å². The lowest BCUT2D eigenvalue weighted by atomic mass is 9.92. The maximum absolute atomic E-state index is 14.0. The summed E-state index contributed by atoms with van der Waals surface area (Å²) in [6.45, 7) is 0.868. The highest BCUT2D eigenvalue weighted by Gasteiger charge is 2.36. The summed E-state index contributed by atoms with van der Waals surface area (Å²) < 4.78 is 11.2. The van der Waals surface area contributed by atoms with Crippen LogP contribution in [0.4, 0.5) is 0 Å². The van der Waals surface area contributed by atoms with E-state index >= 15 is 0 Å². The maximum atomic E-state index is 14.0. The second-order valence-electron chi connectivity index (χ2n) is 8.86. The van der Waals surface area contributed by atoms with Crippen LogP contribution in [0.3, 0.4) is 0 Å². The summed E-state index contributed by atoms with van der Waals surface area (Å²) in [6, 6.07) is 28.3. The Labute approximate surface area is 206 Å². The molecule has 0 bridgehead atoms. The van der Waals surface area contributed by atoms with Gasteiger partial charge in [0.1, 0.15) is 0 Å². The zero-order chi connectivity index (χ0) is 23.4. The number of ether oxygens (including phenoxy) is 2. The molecule has 1 unspecified atom stereocenters. The molecule has 1 atom stereocenters. The molecule has 35 heavy (non-hydrogen) atoms. The van der Waals surface area contributed by atoms with Crippen molar-refractivity contribution in [3.8, 4) is 21.9 Å². The molecule has 0 spiro atoms. The molecule has 3 aromatic carbocycles. The fourth-order valence-electron chi connectivity index (χ4n) is 5.24. The van der Waals surface area contributed by atoms with Crippen molar-refractivity contribution in [2.45, 2.75) is 12.5 Å². The van der Waals surface area contributed by atoms with Gasteiger partial charge in [-0.1, -0.05) is 54.6 Å². The number of aromatic nitrogens is 1. The predicted octanol–water partition coefficient (Wildman–Crippen LogP) is 6.41. The van der Waals surface area contributed by atoms with E-state index in [2.05, 4.69) is 35.3 Å². The van der Waals surface area contributed by atoms with Gasteiger partial charge in [0.05, 0.1) is 10.9 Å². The summed E-state index contributed by atoms with van der Waals surface area (Å²) in [5.74, 6) is 1.51. The Morgan fingerprint density at radius 1 is 0.914 bits per heavy atom. The number of thiophene rings is 1. The van der Waals surface area contributed by atoms with Crippen LogP contribution < -0.4 is 9.47 Å². The van der Waals surface area contributed by atoms with Crippen LogP contribution in [0.25, 0.3) is 21.3 Å². The van der Waals surface area contributed by atoms with Crippen LogP contribution in [-0.4, -0.2) is 29.1 Å². The minimum Gasteiger partial charge on any atom is -0.454 e. The molecule has 172 valence electrons. The van der Waals surface area contributed by atoms with Crippen molar-refractivity contribution >= 4 is 28.1 Å². The minimum atomic E-state index is -0.240. The first-order valence-corrected chi connectivity index (χ1v) is 12.5. The fraction of sp³-hybridized carbons (Fsp3) is 0.138. The van der Waals surface area contributed by atoms with Gasteiger partial charge < -0.3 is 19.4 Å². The number of para-hydroxylation sites is 1. The van der Waals surface area contributed by atoms with Crippen molar-refractivity contribution in [3.05, 3.63) is 107 Å². The van der Waals surface area contributed by atoms with Crippen molar-refractivity contribution in [2.24, 2.45) is 0 Å². The van der Waals surface area contributed by atoms with Gasteiger partial charge in [0.15, 0.2) is 11.5 Å². The number of benzene rings is 3. The third kappa shape index (κ3) is 3.33. The molecule has 2 aromatic heterocycles. The van der Waals surface area contributed by atoms with E-state index in [1.165, 1.54) is 10.9 Å². The molecular weight excluding hydrogens is 456 g/mol. The topological polar surface area (TPSA) is 54.6 Å². The quantitative estimate of drug-likeness (QED) is 0.326. The lowest BCUT2D eigenvalue weighted by Crippen LogP contribution is -2.40. The first-order valence-electron chi connectivity index (χ1n) is 11.7. The van der Waals surface area contributed by atoms with E-state index in [4.69, 9.17) is 9.47 Å². The summed E-state index contributed by atoms with van der Waals surface area (Å²) in [6.07, 6.45) is 0.809. The summed E-state index contributed by atoms with van der Waals surface area (Å²) in [5.41, 5.74) is 5.59. The Morgan fingerprint density at radius 2 is 1.74 bits per heavy atom. The lowest BCUT2D eigenvalue weighted by Gasteiger charge is -2.36.